The number of hydrogen-bond acceptors (Lipinski definition) is 3. The zero-order chi connectivity index (χ0) is 14.7. The van der Waals surface area contributed by atoms with Crippen molar-refractivity contribution in [2.24, 2.45) is 23.0 Å². The summed E-state index contributed by atoms with van der Waals surface area (Å²) in [6.07, 6.45) is 0. The van der Waals surface area contributed by atoms with Crippen LogP contribution in [0, 0.1) is 24.2 Å². The Bertz CT molecular complexity index is 553. The van der Waals surface area contributed by atoms with Gasteiger partial charge < -0.3 is 5.73 Å². The number of benzene rings is 1. The van der Waals surface area contributed by atoms with Crippen molar-refractivity contribution in [1.82, 2.24) is 4.90 Å². The molecule has 1 aliphatic heterocycles. The first-order valence-corrected chi connectivity index (χ1v) is 7.01. The van der Waals surface area contributed by atoms with E-state index >= 15 is 0 Å². The second kappa shape index (κ2) is 4.16. The molecule has 1 aromatic carbocycles. The Morgan fingerprint density at radius 2 is 1.65 bits per heavy atom. The fourth-order valence-electron chi connectivity index (χ4n) is 3.30. The van der Waals surface area contributed by atoms with Crippen molar-refractivity contribution >= 4 is 11.8 Å². The van der Waals surface area contributed by atoms with Gasteiger partial charge in [-0.3, -0.25) is 14.5 Å². The van der Waals surface area contributed by atoms with Crippen molar-refractivity contribution in [3.8, 4) is 0 Å². The molecule has 3 rings (SSSR count). The van der Waals surface area contributed by atoms with Crippen LogP contribution in [0.3, 0.4) is 0 Å². The molecule has 1 saturated heterocycles. The molecule has 1 aromatic rings. The maximum atomic E-state index is 12.2. The Morgan fingerprint density at radius 3 is 2.15 bits per heavy atom. The third-order valence-corrected chi connectivity index (χ3v) is 4.78. The Kier molecular flexibility index (Phi) is 2.77. The highest BCUT2D eigenvalue weighted by Crippen LogP contribution is 2.63. The molecular weight excluding hydrogens is 252 g/mol. The van der Waals surface area contributed by atoms with Crippen LogP contribution >= 0.6 is 0 Å². The van der Waals surface area contributed by atoms with Gasteiger partial charge in [0.05, 0.1) is 11.8 Å². The molecule has 1 heterocycles. The van der Waals surface area contributed by atoms with Crippen molar-refractivity contribution in [2.75, 3.05) is 6.54 Å². The monoisotopic (exact) mass is 272 g/mol. The molecule has 106 valence electrons. The van der Waals surface area contributed by atoms with Crippen LogP contribution in [0.2, 0.25) is 0 Å². The first kappa shape index (κ1) is 13.3. The summed E-state index contributed by atoms with van der Waals surface area (Å²) >= 11 is 0. The highest BCUT2D eigenvalue weighted by molar-refractivity contribution is 6.10. The van der Waals surface area contributed by atoms with Crippen LogP contribution < -0.4 is 5.73 Å². The van der Waals surface area contributed by atoms with Gasteiger partial charge in [-0.1, -0.05) is 43.7 Å². The van der Waals surface area contributed by atoms with Crippen LogP contribution in [-0.2, 0) is 9.59 Å². The largest absolute Gasteiger partial charge is 0.322 e. The van der Waals surface area contributed by atoms with E-state index in [1.54, 1.807) is 0 Å². The fourth-order valence-corrected chi connectivity index (χ4v) is 3.30. The van der Waals surface area contributed by atoms with Crippen molar-refractivity contribution in [2.45, 2.75) is 26.8 Å². The van der Waals surface area contributed by atoms with Crippen LogP contribution in [0.4, 0.5) is 0 Å². The molecular formula is C16H20N2O2. The van der Waals surface area contributed by atoms with Gasteiger partial charge in [-0.15, -0.1) is 0 Å². The molecule has 1 aliphatic carbocycles. The number of hydrogen-bond donors (Lipinski definition) is 1. The lowest BCUT2D eigenvalue weighted by atomic mass is 10.0. The molecule has 4 nitrogen and oxygen atoms in total. The minimum Gasteiger partial charge on any atom is -0.322 e. The molecule has 2 fully saturated rings. The quantitative estimate of drug-likeness (QED) is 0.851. The van der Waals surface area contributed by atoms with E-state index in [1.165, 1.54) is 4.90 Å². The van der Waals surface area contributed by atoms with Gasteiger partial charge in [0.15, 0.2) is 0 Å². The van der Waals surface area contributed by atoms with Gasteiger partial charge in [0.25, 0.3) is 0 Å². The third-order valence-electron chi connectivity index (χ3n) is 4.78. The van der Waals surface area contributed by atoms with Crippen molar-refractivity contribution in [3.63, 3.8) is 0 Å². The van der Waals surface area contributed by atoms with Crippen LogP contribution in [0.5, 0.6) is 0 Å². The summed E-state index contributed by atoms with van der Waals surface area (Å²) in [5, 5.41) is 0. The van der Waals surface area contributed by atoms with Crippen molar-refractivity contribution < 1.29 is 9.59 Å². The number of amides is 2. The summed E-state index contributed by atoms with van der Waals surface area (Å²) in [6, 6.07) is 7.57. The molecule has 1 saturated carbocycles. The molecule has 0 spiro atoms. The van der Waals surface area contributed by atoms with Crippen molar-refractivity contribution in [3.05, 3.63) is 35.4 Å². The lowest BCUT2D eigenvalue weighted by molar-refractivity contribution is -0.143. The molecule has 2 amide bonds. The van der Waals surface area contributed by atoms with E-state index in [0.29, 0.717) is 0 Å². The molecule has 20 heavy (non-hydrogen) atoms. The van der Waals surface area contributed by atoms with E-state index in [1.807, 2.05) is 45.0 Å². The van der Waals surface area contributed by atoms with Crippen LogP contribution in [0.15, 0.2) is 24.3 Å². The van der Waals surface area contributed by atoms with Gasteiger partial charge in [-0.05, 0) is 17.9 Å². The zero-order valence-electron chi connectivity index (χ0n) is 12.1. The minimum absolute atomic E-state index is 0.0486. The van der Waals surface area contributed by atoms with Gasteiger partial charge in [0.1, 0.15) is 0 Å². The number of fused-ring (bicyclic) bond motifs is 1. The van der Waals surface area contributed by atoms with Gasteiger partial charge >= 0.3 is 0 Å². The van der Waals surface area contributed by atoms with Gasteiger partial charge in [-0.25, -0.2) is 0 Å². The highest BCUT2D eigenvalue weighted by atomic mass is 16.2. The summed E-state index contributed by atoms with van der Waals surface area (Å²) < 4.78 is 0. The maximum absolute atomic E-state index is 12.2. The Morgan fingerprint density at radius 1 is 1.15 bits per heavy atom. The number of carbonyl (C=O) groups is 2. The number of carbonyl (C=O) groups excluding carboxylic acids is 2. The third kappa shape index (κ3) is 1.79. The van der Waals surface area contributed by atoms with E-state index in [9.17, 15) is 9.59 Å². The topological polar surface area (TPSA) is 63.4 Å². The first-order valence-electron chi connectivity index (χ1n) is 7.01. The average Bonchev–Trinajstić information content (AvgIpc) is 2.87. The number of aryl methyl sites for hydroxylation is 1. The minimum atomic E-state index is -0.316. The average molecular weight is 272 g/mol. The maximum Gasteiger partial charge on any atom is 0.233 e. The number of nitrogens with two attached hydrogens (primary N) is 1. The molecule has 4 heteroatoms. The molecule has 0 bridgehead atoms. The molecule has 0 aromatic heterocycles. The number of piperidine rings is 1. The van der Waals surface area contributed by atoms with E-state index in [-0.39, 0.29) is 41.7 Å². The fraction of sp³-hybridized carbons (Fsp3) is 0.500. The second-order valence-electron chi connectivity index (χ2n) is 6.58. The number of rotatable bonds is 3. The van der Waals surface area contributed by atoms with Crippen LogP contribution in [-0.4, -0.2) is 23.3 Å². The number of nitrogens with zero attached hydrogens (tertiary/aromatic N) is 1. The summed E-state index contributed by atoms with van der Waals surface area (Å²) in [4.78, 5) is 25.8. The van der Waals surface area contributed by atoms with Crippen molar-refractivity contribution in [1.29, 1.82) is 0 Å². The lowest BCUT2D eigenvalue weighted by Crippen LogP contribution is -2.40. The zero-order valence-corrected chi connectivity index (χ0v) is 12.1. The van der Waals surface area contributed by atoms with E-state index in [2.05, 4.69) is 0 Å². The van der Waals surface area contributed by atoms with E-state index in [0.717, 1.165) is 11.1 Å². The van der Waals surface area contributed by atoms with E-state index < -0.39 is 0 Å². The predicted octanol–water partition coefficient (Wildman–Crippen LogP) is 1.64. The molecule has 2 aliphatic rings. The molecule has 0 radical (unpaired) electrons. The van der Waals surface area contributed by atoms with Gasteiger partial charge in [0.2, 0.25) is 11.8 Å². The Hall–Kier alpha value is -1.68. The van der Waals surface area contributed by atoms with Crippen LogP contribution in [0.25, 0.3) is 0 Å². The Balaban J connectivity index is 1.72. The molecule has 2 N–H and O–H groups in total. The van der Waals surface area contributed by atoms with Gasteiger partial charge in [0, 0.05) is 12.6 Å². The van der Waals surface area contributed by atoms with Gasteiger partial charge in [-0.2, -0.15) is 0 Å². The molecule has 3 atom stereocenters. The SMILES string of the molecule is Cc1ccc(C(N)CN2C(=O)C3C(C2=O)C3(C)C)cc1. The number of imide groups is 1. The summed E-state index contributed by atoms with van der Waals surface area (Å²) in [6.45, 7) is 6.26. The van der Waals surface area contributed by atoms with E-state index in [4.69, 9.17) is 5.73 Å². The predicted molar refractivity (Wildman–Crippen MR) is 75.6 cm³/mol. The standard InChI is InChI=1S/C16H20N2O2/c1-9-4-6-10(7-5-9)11(17)8-18-14(19)12-13(15(18)20)16(12,2)3/h4-7,11-13H,8,17H2,1-3H3. The Labute approximate surface area is 118 Å². The number of likely N-dealkylation sites (tertiary alicyclic amines) is 1. The summed E-state index contributed by atoms with van der Waals surface area (Å²) in [7, 11) is 0. The smallest absolute Gasteiger partial charge is 0.233 e. The normalized spacial score (nSPS) is 28.5. The highest BCUT2D eigenvalue weighted by Gasteiger charge is 2.72. The molecule has 3 unspecified atom stereocenters. The summed E-state index contributed by atoms with van der Waals surface area (Å²) in [5.41, 5.74) is 8.10. The second-order valence-corrected chi connectivity index (χ2v) is 6.58. The lowest BCUT2D eigenvalue weighted by Gasteiger charge is -2.24. The first-order chi connectivity index (χ1) is 9.34. The summed E-state index contributed by atoms with van der Waals surface area (Å²) in [5.74, 6) is -0.347. The van der Waals surface area contributed by atoms with Crippen LogP contribution in [0.1, 0.15) is 31.0 Å².